The Labute approximate surface area is 138 Å². The van der Waals surface area contributed by atoms with E-state index in [0.717, 1.165) is 15.6 Å². The highest BCUT2D eigenvalue weighted by molar-refractivity contribution is 14.1. The fraction of sp³-hybridized carbons (Fsp3) is 0.188. The topological polar surface area (TPSA) is 38.5 Å². The molecule has 0 N–H and O–H groups in total. The largest absolute Gasteiger partial charge is 0.350 e. The Morgan fingerprint density at radius 1 is 1.10 bits per heavy atom. The van der Waals surface area contributed by atoms with Crippen LogP contribution in [0, 0.1) is 13.5 Å². The molecule has 0 spiro atoms. The third kappa shape index (κ3) is 3.44. The Morgan fingerprint density at radius 2 is 1.67 bits per heavy atom. The van der Waals surface area contributed by atoms with E-state index in [4.69, 9.17) is 6.57 Å². The molecule has 3 nitrogen and oxygen atoms in total. The van der Waals surface area contributed by atoms with Crippen molar-refractivity contribution in [2.45, 2.75) is 21.6 Å². The van der Waals surface area contributed by atoms with Crippen LogP contribution in [0.25, 0.3) is 4.85 Å². The van der Waals surface area contributed by atoms with Crippen molar-refractivity contribution in [2.24, 2.45) is 0 Å². The summed E-state index contributed by atoms with van der Waals surface area (Å²) >= 11 is 2.24. The predicted octanol–water partition coefficient (Wildman–Crippen LogP) is 4.32. The summed E-state index contributed by atoms with van der Waals surface area (Å²) in [7, 11) is -3.70. The van der Waals surface area contributed by atoms with Crippen molar-refractivity contribution in [3.05, 3.63) is 76.6 Å². The van der Waals surface area contributed by atoms with Crippen molar-refractivity contribution in [3.8, 4) is 0 Å². The van der Waals surface area contributed by atoms with Crippen molar-refractivity contribution in [3.63, 3.8) is 0 Å². The number of hydrogen-bond donors (Lipinski definition) is 0. The van der Waals surface area contributed by atoms with Gasteiger partial charge in [-0.15, -0.1) is 0 Å². The molecule has 0 bridgehead atoms. The first kappa shape index (κ1) is 16.0. The molecule has 1 atom stereocenters. The molecule has 0 saturated heterocycles. The van der Waals surface area contributed by atoms with E-state index >= 15 is 0 Å². The quantitative estimate of drug-likeness (QED) is 0.427. The lowest BCUT2D eigenvalue weighted by molar-refractivity contribution is 0.590. The standard InChI is InChI=1S/C16H14INO2S/c1-12-3-9-15(10-4-12)21(19,20)16(18-2)14-7-5-13(11-17)6-8-14/h3-10,16H,11H2,1H3. The van der Waals surface area contributed by atoms with Gasteiger partial charge in [0.2, 0.25) is 0 Å². The minimum absolute atomic E-state index is 0.187. The molecule has 0 fully saturated rings. The minimum Gasteiger partial charge on any atom is -0.291 e. The summed E-state index contributed by atoms with van der Waals surface area (Å²) in [5.41, 5.74) is 2.61. The number of nitrogens with zero attached hydrogens (tertiary/aromatic N) is 1. The molecule has 2 rings (SSSR count). The van der Waals surface area contributed by atoms with Crippen LogP contribution in [0.3, 0.4) is 0 Å². The molecule has 0 heterocycles. The summed E-state index contributed by atoms with van der Waals surface area (Å²) in [6, 6.07) is 13.8. The van der Waals surface area contributed by atoms with Gasteiger partial charge in [0.05, 0.1) is 10.5 Å². The molecule has 1 unspecified atom stereocenters. The Balaban J connectivity index is 2.44. The van der Waals surface area contributed by atoms with Gasteiger partial charge in [-0.2, -0.15) is 0 Å². The molecule has 21 heavy (non-hydrogen) atoms. The number of rotatable bonds is 4. The number of sulfone groups is 1. The van der Waals surface area contributed by atoms with E-state index in [2.05, 4.69) is 27.4 Å². The second-order valence-corrected chi connectivity index (χ2v) is 7.49. The smallest absolute Gasteiger partial charge is 0.291 e. The summed E-state index contributed by atoms with van der Waals surface area (Å²) in [5, 5.41) is -1.19. The first-order chi connectivity index (χ1) is 9.98. The van der Waals surface area contributed by atoms with Crippen molar-refractivity contribution in [1.82, 2.24) is 0 Å². The van der Waals surface area contributed by atoms with E-state index in [1.165, 1.54) is 0 Å². The fourth-order valence-corrected chi connectivity index (χ4v) is 3.89. The lowest BCUT2D eigenvalue weighted by Gasteiger charge is -2.08. The molecular formula is C16H14INO2S. The van der Waals surface area contributed by atoms with Crippen LogP contribution >= 0.6 is 22.6 Å². The zero-order chi connectivity index (χ0) is 15.5. The second-order valence-electron chi connectivity index (χ2n) is 4.71. The van der Waals surface area contributed by atoms with Gasteiger partial charge in [-0.05, 0) is 36.8 Å². The second kappa shape index (κ2) is 6.58. The van der Waals surface area contributed by atoms with E-state index < -0.39 is 15.2 Å². The zero-order valence-electron chi connectivity index (χ0n) is 11.5. The average Bonchev–Trinajstić information content (AvgIpc) is 2.49. The molecule has 0 saturated carbocycles. The Morgan fingerprint density at radius 3 is 2.14 bits per heavy atom. The van der Waals surface area contributed by atoms with Crippen LogP contribution in [0.4, 0.5) is 0 Å². The van der Waals surface area contributed by atoms with Gasteiger partial charge in [-0.1, -0.05) is 52.4 Å². The van der Waals surface area contributed by atoms with Gasteiger partial charge in [0.25, 0.3) is 9.84 Å². The third-order valence-electron chi connectivity index (χ3n) is 3.18. The third-order valence-corrected chi connectivity index (χ3v) is 5.96. The number of halogens is 1. The van der Waals surface area contributed by atoms with Gasteiger partial charge in [0, 0.05) is 4.43 Å². The van der Waals surface area contributed by atoms with E-state index in [9.17, 15) is 8.42 Å². The van der Waals surface area contributed by atoms with Crippen LogP contribution in [-0.2, 0) is 14.3 Å². The molecular weight excluding hydrogens is 397 g/mol. The number of alkyl halides is 1. The van der Waals surface area contributed by atoms with E-state index in [-0.39, 0.29) is 4.90 Å². The maximum absolute atomic E-state index is 12.6. The number of hydrogen-bond acceptors (Lipinski definition) is 2. The van der Waals surface area contributed by atoms with Crippen molar-refractivity contribution >= 4 is 32.4 Å². The zero-order valence-corrected chi connectivity index (χ0v) is 14.4. The fourth-order valence-electron chi connectivity index (χ4n) is 1.95. The summed E-state index contributed by atoms with van der Waals surface area (Å²) in [6.07, 6.45) is 0. The van der Waals surface area contributed by atoms with Crippen LogP contribution < -0.4 is 0 Å². The molecule has 0 aromatic heterocycles. The highest BCUT2D eigenvalue weighted by Gasteiger charge is 2.34. The minimum atomic E-state index is -3.70. The summed E-state index contributed by atoms with van der Waals surface area (Å²) < 4.78 is 26.1. The molecule has 0 amide bonds. The Kier molecular flexibility index (Phi) is 5.01. The average molecular weight is 411 g/mol. The van der Waals surface area contributed by atoms with Gasteiger partial charge >= 0.3 is 5.37 Å². The molecule has 108 valence electrons. The summed E-state index contributed by atoms with van der Waals surface area (Å²) in [4.78, 5) is 3.53. The van der Waals surface area contributed by atoms with E-state index in [1.807, 2.05) is 19.1 Å². The molecule has 0 aliphatic carbocycles. The lowest BCUT2D eigenvalue weighted by atomic mass is 10.1. The first-order valence-electron chi connectivity index (χ1n) is 6.31. The molecule has 0 aliphatic heterocycles. The highest BCUT2D eigenvalue weighted by atomic mass is 127. The van der Waals surface area contributed by atoms with Gasteiger partial charge in [-0.25, -0.2) is 15.0 Å². The van der Waals surface area contributed by atoms with E-state index in [0.29, 0.717) is 5.56 Å². The van der Waals surface area contributed by atoms with Crippen LogP contribution in [0.5, 0.6) is 0 Å². The first-order valence-corrected chi connectivity index (χ1v) is 9.38. The normalized spacial score (nSPS) is 12.6. The lowest BCUT2D eigenvalue weighted by Crippen LogP contribution is -2.10. The molecule has 2 aromatic carbocycles. The van der Waals surface area contributed by atoms with Crippen LogP contribution in [0.15, 0.2) is 53.4 Å². The number of benzene rings is 2. The van der Waals surface area contributed by atoms with Crippen molar-refractivity contribution in [1.29, 1.82) is 0 Å². The summed E-state index contributed by atoms with van der Waals surface area (Å²) in [5.74, 6) is 0. The van der Waals surface area contributed by atoms with Crippen molar-refractivity contribution < 1.29 is 8.42 Å². The Hall–Kier alpha value is -1.39. The SMILES string of the molecule is [C-]#[N+]C(c1ccc(CI)cc1)S(=O)(=O)c1ccc(C)cc1. The molecule has 2 aromatic rings. The summed E-state index contributed by atoms with van der Waals surface area (Å²) in [6.45, 7) is 9.18. The van der Waals surface area contributed by atoms with Gasteiger partial charge in [-0.3, -0.25) is 4.85 Å². The Bertz CT molecular complexity index is 759. The van der Waals surface area contributed by atoms with Gasteiger partial charge in [0.1, 0.15) is 0 Å². The van der Waals surface area contributed by atoms with E-state index in [1.54, 1.807) is 36.4 Å². The number of aryl methyl sites for hydroxylation is 1. The molecule has 0 aliphatic rings. The predicted molar refractivity (Wildman–Crippen MR) is 91.9 cm³/mol. The van der Waals surface area contributed by atoms with Crippen LogP contribution in [-0.4, -0.2) is 8.42 Å². The maximum atomic E-state index is 12.6. The van der Waals surface area contributed by atoms with Gasteiger partial charge < -0.3 is 0 Å². The molecule has 0 radical (unpaired) electrons. The monoisotopic (exact) mass is 411 g/mol. The maximum Gasteiger partial charge on any atom is 0.350 e. The van der Waals surface area contributed by atoms with Crippen molar-refractivity contribution in [2.75, 3.05) is 0 Å². The van der Waals surface area contributed by atoms with Gasteiger partial charge in [0.15, 0.2) is 0 Å². The van der Waals surface area contributed by atoms with Crippen LogP contribution in [0.1, 0.15) is 22.1 Å². The van der Waals surface area contributed by atoms with Crippen LogP contribution in [0.2, 0.25) is 0 Å². The highest BCUT2D eigenvalue weighted by Crippen LogP contribution is 2.30. The molecule has 5 heteroatoms.